The Kier molecular flexibility index (Phi) is 6.47. The lowest BCUT2D eigenvalue weighted by molar-refractivity contribution is -0.134. The van der Waals surface area contributed by atoms with Gasteiger partial charge in [-0.25, -0.2) is 0 Å². The van der Waals surface area contributed by atoms with Crippen molar-refractivity contribution in [3.63, 3.8) is 0 Å². The van der Waals surface area contributed by atoms with E-state index in [-0.39, 0.29) is 24.8 Å². The summed E-state index contributed by atoms with van der Waals surface area (Å²) in [6, 6.07) is 28.8. The molecule has 0 bridgehead atoms. The number of aryl methyl sites for hydroxylation is 2. The monoisotopic (exact) mass is 526 g/mol. The summed E-state index contributed by atoms with van der Waals surface area (Å²) < 4.78 is 12.0. The van der Waals surface area contributed by atoms with Gasteiger partial charge in [0.25, 0.3) is 0 Å². The molecule has 0 fully saturated rings. The van der Waals surface area contributed by atoms with E-state index in [4.69, 9.17) is 9.47 Å². The summed E-state index contributed by atoms with van der Waals surface area (Å²) in [6.07, 6.45) is 0.575. The van der Waals surface area contributed by atoms with Crippen molar-refractivity contribution in [3.8, 4) is 22.6 Å². The maximum Gasteiger partial charge on any atom is 0.310 e. The van der Waals surface area contributed by atoms with Gasteiger partial charge in [-0.15, -0.1) is 0 Å². The molecule has 198 valence electrons. The summed E-state index contributed by atoms with van der Waals surface area (Å²) >= 11 is 0. The van der Waals surface area contributed by atoms with Gasteiger partial charge in [-0.2, -0.15) is 0 Å². The van der Waals surface area contributed by atoms with Crippen molar-refractivity contribution in [2.75, 3.05) is 0 Å². The SMILES string of the molecule is CCC(=O)Oc1c2ccccc2c(-c2c3ccccc3c(OC(=O)CC)c3cc(C)ccc23)c2ccc(C)cc12. The molecule has 0 aliphatic carbocycles. The van der Waals surface area contributed by atoms with Crippen molar-refractivity contribution in [2.24, 2.45) is 0 Å². The van der Waals surface area contributed by atoms with Crippen molar-refractivity contribution in [1.29, 1.82) is 0 Å². The van der Waals surface area contributed by atoms with Crippen LogP contribution in [0.3, 0.4) is 0 Å². The van der Waals surface area contributed by atoms with Crippen LogP contribution in [0, 0.1) is 13.8 Å². The molecule has 6 rings (SSSR count). The van der Waals surface area contributed by atoms with E-state index < -0.39 is 0 Å². The molecule has 4 heteroatoms. The number of carbonyl (C=O) groups excluding carboxylic acids is 2. The second-order valence-electron chi connectivity index (χ2n) is 10.3. The quantitative estimate of drug-likeness (QED) is 0.128. The number of hydrogen-bond acceptors (Lipinski definition) is 4. The molecule has 0 heterocycles. The molecule has 6 aromatic rings. The van der Waals surface area contributed by atoms with Crippen LogP contribution in [-0.4, -0.2) is 11.9 Å². The van der Waals surface area contributed by atoms with Gasteiger partial charge in [-0.3, -0.25) is 9.59 Å². The van der Waals surface area contributed by atoms with E-state index in [9.17, 15) is 9.59 Å². The van der Waals surface area contributed by atoms with Gasteiger partial charge in [0, 0.05) is 34.4 Å². The van der Waals surface area contributed by atoms with E-state index in [2.05, 4.69) is 48.5 Å². The molecule has 0 unspecified atom stereocenters. The summed E-state index contributed by atoms with van der Waals surface area (Å²) in [5.41, 5.74) is 4.27. The van der Waals surface area contributed by atoms with E-state index in [0.29, 0.717) is 11.5 Å². The Morgan fingerprint density at radius 2 is 0.850 bits per heavy atom. The third kappa shape index (κ3) is 4.17. The normalized spacial score (nSPS) is 11.4. The Morgan fingerprint density at radius 3 is 1.23 bits per heavy atom. The summed E-state index contributed by atoms with van der Waals surface area (Å²) in [6.45, 7) is 7.70. The Morgan fingerprint density at radius 1 is 0.500 bits per heavy atom. The first-order chi connectivity index (χ1) is 19.4. The fourth-order valence-corrected chi connectivity index (χ4v) is 5.64. The van der Waals surface area contributed by atoms with Gasteiger partial charge in [0.1, 0.15) is 11.5 Å². The summed E-state index contributed by atoms with van der Waals surface area (Å²) in [7, 11) is 0. The molecule has 0 aromatic heterocycles. The molecular formula is C36H30O4. The van der Waals surface area contributed by atoms with Crippen molar-refractivity contribution in [1.82, 2.24) is 0 Å². The molecule has 0 N–H and O–H groups in total. The molecule has 40 heavy (non-hydrogen) atoms. The van der Waals surface area contributed by atoms with Crippen LogP contribution in [-0.2, 0) is 9.59 Å². The number of esters is 2. The van der Waals surface area contributed by atoms with Crippen molar-refractivity contribution in [3.05, 3.63) is 96.1 Å². The van der Waals surface area contributed by atoms with E-state index in [1.807, 2.05) is 50.2 Å². The number of rotatable bonds is 5. The molecule has 0 saturated carbocycles. The van der Waals surface area contributed by atoms with Crippen LogP contribution in [0.5, 0.6) is 11.5 Å². The molecule has 0 spiro atoms. The Hall–Kier alpha value is -4.70. The van der Waals surface area contributed by atoms with E-state index in [0.717, 1.165) is 65.3 Å². The first kappa shape index (κ1) is 25.6. The molecule has 4 nitrogen and oxygen atoms in total. The largest absolute Gasteiger partial charge is 0.425 e. The number of carbonyl (C=O) groups is 2. The fourth-order valence-electron chi connectivity index (χ4n) is 5.64. The molecule has 0 amide bonds. The molecule has 0 atom stereocenters. The lowest BCUT2D eigenvalue weighted by Gasteiger charge is -2.21. The predicted octanol–water partition coefficient (Wildman–Crippen LogP) is 9.21. The molecule has 0 aliphatic rings. The van der Waals surface area contributed by atoms with Gasteiger partial charge in [0.15, 0.2) is 0 Å². The van der Waals surface area contributed by atoms with Crippen LogP contribution >= 0.6 is 0 Å². The minimum absolute atomic E-state index is 0.269. The van der Waals surface area contributed by atoms with Gasteiger partial charge in [-0.05, 0) is 58.7 Å². The van der Waals surface area contributed by atoms with Crippen molar-refractivity contribution < 1.29 is 19.1 Å². The van der Waals surface area contributed by atoms with E-state index in [1.165, 1.54) is 0 Å². The van der Waals surface area contributed by atoms with Crippen molar-refractivity contribution >= 4 is 55.0 Å². The average Bonchev–Trinajstić information content (AvgIpc) is 2.97. The van der Waals surface area contributed by atoms with Gasteiger partial charge in [0.2, 0.25) is 0 Å². The fraction of sp³-hybridized carbons (Fsp3) is 0.167. The maximum absolute atomic E-state index is 12.6. The zero-order valence-electron chi connectivity index (χ0n) is 23.1. The summed E-state index contributed by atoms with van der Waals surface area (Å²) in [5, 5.41) is 7.50. The van der Waals surface area contributed by atoms with Gasteiger partial charge < -0.3 is 9.47 Å². The second-order valence-corrected chi connectivity index (χ2v) is 10.3. The third-order valence-corrected chi connectivity index (χ3v) is 7.52. The molecule has 0 radical (unpaired) electrons. The van der Waals surface area contributed by atoms with Crippen LogP contribution < -0.4 is 9.47 Å². The van der Waals surface area contributed by atoms with Crippen LogP contribution in [0.1, 0.15) is 37.8 Å². The third-order valence-electron chi connectivity index (χ3n) is 7.52. The Labute approximate surface area is 233 Å². The minimum atomic E-state index is -0.269. The molecule has 6 aromatic carbocycles. The van der Waals surface area contributed by atoms with Gasteiger partial charge in [0.05, 0.1) is 0 Å². The maximum atomic E-state index is 12.6. The Bertz CT molecular complexity index is 1840. The molecule has 0 aliphatic heterocycles. The smallest absolute Gasteiger partial charge is 0.310 e. The molecular weight excluding hydrogens is 496 g/mol. The van der Waals surface area contributed by atoms with Gasteiger partial charge in [-0.1, -0.05) is 97.8 Å². The topological polar surface area (TPSA) is 52.6 Å². The minimum Gasteiger partial charge on any atom is -0.425 e. The van der Waals surface area contributed by atoms with Crippen LogP contribution in [0.4, 0.5) is 0 Å². The summed E-state index contributed by atoms with van der Waals surface area (Å²) in [4.78, 5) is 25.2. The molecule has 0 saturated heterocycles. The van der Waals surface area contributed by atoms with Crippen LogP contribution in [0.2, 0.25) is 0 Å². The van der Waals surface area contributed by atoms with Crippen molar-refractivity contribution in [2.45, 2.75) is 40.5 Å². The van der Waals surface area contributed by atoms with E-state index in [1.54, 1.807) is 13.8 Å². The number of benzene rings is 6. The second kappa shape index (κ2) is 10.1. The highest BCUT2D eigenvalue weighted by Gasteiger charge is 2.23. The highest BCUT2D eigenvalue weighted by atomic mass is 16.5. The first-order valence-corrected chi connectivity index (χ1v) is 13.7. The zero-order valence-corrected chi connectivity index (χ0v) is 23.1. The zero-order chi connectivity index (χ0) is 28.0. The summed E-state index contributed by atoms with van der Waals surface area (Å²) in [5.74, 6) is 0.633. The number of fused-ring (bicyclic) bond motifs is 4. The van der Waals surface area contributed by atoms with E-state index >= 15 is 0 Å². The average molecular weight is 527 g/mol. The highest BCUT2D eigenvalue weighted by molar-refractivity contribution is 6.27. The predicted molar refractivity (Wildman–Crippen MR) is 163 cm³/mol. The first-order valence-electron chi connectivity index (χ1n) is 13.7. The van der Waals surface area contributed by atoms with Crippen LogP contribution in [0.25, 0.3) is 54.2 Å². The Balaban J connectivity index is 1.85. The van der Waals surface area contributed by atoms with Gasteiger partial charge >= 0.3 is 11.9 Å². The number of ether oxygens (including phenoxy) is 2. The van der Waals surface area contributed by atoms with Crippen LogP contribution in [0.15, 0.2) is 84.9 Å². The lowest BCUT2D eigenvalue weighted by atomic mass is 9.85. The number of hydrogen-bond donors (Lipinski definition) is 0. The highest BCUT2D eigenvalue weighted by Crippen LogP contribution is 2.50. The standard InChI is InChI=1S/C36H30O4/c1-5-31(37)39-35-27-13-9-7-11-23(27)33(25-17-15-21(3)19-29(25)35)34-24-12-8-10-14-28(24)36(40-32(38)6-2)30-20-22(4)16-18-26(30)34/h7-20H,5-6H2,1-4H3. The lowest BCUT2D eigenvalue weighted by Crippen LogP contribution is -2.07.